The molecule has 25 heavy (non-hydrogen) atoms. The molecule has 3 aromatic rings. The van der Waals surface area contributed by atoms with Crippen LogP contribution < -0.4 is 10.6 Å². The van der Waals surface area contributed by atoms with Crippen LogP contribution in [0, 0.1) is 12.7 Å². The fourth-order valence-electron chi connectivity index (χ4n) is 3.07. The molecule has 1 saturated carbocycles. The van der Waals surface area contributed by atoms with Crippen LogP contribution >= 0.6 is 11.3 Å². The summed E-state index contributed by atoms with van der Waals surface area (Å²) in [7, 11) is 0. The first-order valence-corrected chi connectivity index (χ1v) is 9.01. The lowest BCUT2D eigenvalue weighted by atomic mass is 9.86. The van der Waals surface area contributed by atoms with Gasteiger partial charge >= 0.3 is 0 Å². The third-order valence-corrected chi connectivity index (χ3v) is 5.36. The zero-order valence-electron chi connectivity index (χ0n) is 13.6. The summed E-state index contributed by atoms with van der Waals surface area (Å²) >= 11 is 1.39. The smallest absolute Gasteiger partial charge is 0.252 e. The minimum absolute atomic E-state index is 0.119. The predicted octanol–water partition coefficient (Wildman–Crippen LogP) is 3.51. The van der Waals surface area contributed by atoms with E-state index in [0.717, 1.165) is 24.5 Å². The zero-order chi connectivity index (χ0) is 17.4. The molecule has 2 heterocycles. The molecule has 1 amide bonds. The lowest BCUT2D eigenvalue weighted by Gasteiger charge is -2.36. The number of aromatic nitrogens is 2. The van der Waals surface area contributed by atoms with Gasteiger partial charge in [0, 0.05) is 28.4 Å². The first-order valence-electron chi connectivity index (χ1n) is 8.13. The predicted molar refractivity (Wildman–Crippen MR) is 96.5 cm³/mol. The maximum atomic E-state index is 13.7. The average Bonchev–Trinajstić information content (AvgIpc) is 3.03. The highest BCUT2D eigenvalue weighted by atomic mass is 32.1. The second-order valence-electron chi connectivity index (χ2n) is 6.23. The van der Waals surface area contributed by atoms with E-state index in [9.17, 15) is 9.18 Å². The second-order valence-corrected chi connectivity index (χ2v) is 7.15. The number of nitrogens with zero attached hydrogens (tertiary/aromatic N) is 2. The fraction of sp³-hybridized carbons (Fsp3) is 0.278. The molecule has 1 aliphatic rings. The Morgan fingerprint density at radius 3 is 2.88 bits per heavy atom. The van der Waals surface area contributed by atoms with Crippen molar-refractivity contribution in [2.45, 2.75) is 31.8 Å². The van der Waals surface area contributed by atoms with Gasteiger partial charge < -0.3 is 10.6 Å². The number of anilines is 1. The van der Waals surface area contributed by atoms with Crippen molar-refractivity contribution >= 4 is 33.1 Å². The van der Waals surface area contributed by atoms with Gasteiger partial charge in [0.05, 0.1) is 5.56 Å². The zero-order valence-corrected chi connectivity index (χ0v) is 14.4. The number of halogens is 1. The highest BCUT2D eigenvalue weighted by Gasteiger charge is 2.31. The number of aryl methyl sites for hydroxylation is 1. The van der Waals surface area contributed by atoms with E-state index >= 15 is 0 Å². The number of amides is 1. The standard InChI is InChI=1S/C18H17FN4OS/c1-10-20-6-4-16(21-10)22-11-8-12(9-11)23-18(24)14-2-3-15(19)13-5-7-25-17(13)14/h2-7,11-12H,8-9H2,1H3,(H,23,24)(H,20,21,22). The third kappa shape index (κ3) is 3.19. The number of nitrogens with one attached hydrogen (secondary N) is 2. The van der Waals surface area contributed by atoms with Crippen molar-refractivity contribution in [3.63, 3.8) is 0 Å². The van der Waals surface area contributed by atoms with Crippen LogP contribution in [0.25, 0.3) is 10.1 Å². The molecule has 5 nitrogen and oxygen atoms in total. The summed E-state index contributed by atoms with van der Waals surface area (Å²) < 4.78 is 14.4. The Labute approximate surface area is 148 Å². The first-order chi connectivity index (χ1) is 12.1. The van der Waals surface area contributed by atoms with Crippen LogP contribution in [-0.2, 0) is 0 Å². The molecule has 0 bridgehead atoms. The van der Waals surface area contributed by atoms with E-state index in [-0.39, 0.29) is 23.8 Å². The van der Waals surface area contributed by atoms with E-state index in [1.807, 2.05) is 13.0 Å². The van der Waals surface area contributed by atoms with Crippen LogP contribution in [0.2, 0.25) is 0 Å². The van der Waals surface area contributed by atoms with E-state index in [1.54, 1.807) is 23.7 Å². The van der Waals surface area contributed by atoms with E-state index in [2.05, 4.69) is 20.6 Å². The normalized spacial score (nSPS) is 19.4. The van der Waals surface area contributed by atoms with E-state index in [1.165, 1.54) is 17.4 Å². The molecular weight excluding hydrogens is 339 g/mol. The summed E-state index contributed by atoms with van der Waals surface area (Å²) in [6.45, 7) is 1.85. The Morgan fingerprint density at radius 1 is 1.24 bits per heavy atom. The Kier molecular flexibility index (Phi) is 4.09. The van der Waals surface area contributed by atoms with Gasteiger partial charge in [-0.3, -0.25) is 4.79 Å². The number of carbonyl (C=O) groups is 1. The molecule has 128 valence electrons. The topological polar surface area (TPSA) is 66.9 Å². The van der Waals surface area contributed by atoms with Crippen molar-refractivity contribution in [2.75, 3.05) is 5.32 Å². The highest BCUT2D eigenvalue weighted by Crippen LogP contribution is 2.29. The van der Waals surface area contributed by atoms with Crippen LogP contribution in [-0.4, -0.2) is 28.0 Å². The molecule has 2 aromatic heterocycles. The van der Waals surface area contributed by atoms with Crippen LogP contribution in [0.15, 0.2) is 35.8 Å². The Balaban J connectivity index is 1.37. The molecule has 1 aromatic carbocycles. The largest absolute Gasteiger partial charge is 0.367 e. The molecule has 0 unspecified atom stereocenters. The molecule has 7 heteroatoms. The number of carbonyl (C=O) groups excluding carboxylic acids is 1. The molecule has 1 aliphatic carbocycles. The highest BCUT2D eigenvalue weighted by molar-refractivity contribution is 7.17. The second kappa shape index (κ2) is 6.40. The number of rotatable bonds is 4. The number of benzene rings is 1. The van der Waals surface area contributed by atoms with Crippen molar-refractivity contribution < 1.29 is 9.18 Å². The summed E-state index contributed by atoms with van der Waals surface area (Å²) in [6.07, 6.45) is 3.40. The molecular formula is C18H17FN4OS. The number of hydrogen-bond acceptors (Lipinski definition) is 5. The molecule has 4 rings (SSSR count). The maximum Gasteiger partial charge on any atom is 0.252 e. The summed E-state index contributed by atoms with van der Waals surface area (Å²) in [5.74, 6) is 1.10. The van der Waals surface area contributed by atoms with Gasteiger partial charge in [-0.2, -0.15) is 0 Å². The Bertz CT molecular complexity index is 936. The maximum absolute atomic E-state index is 13.7. The number of thiophene rings is 1. The van der Waals surface area contributed by atoms with E-state index in [0.29, 0.717) is 15.6 Å². The van der Waals surface area contributed by atoms with E-state index in [4.69, 9.17) is 0 Å². The molecule has 0 spiro atoms. The van der Waals surface area contributed by atoms with Crippen LogP contribution in [0.3, 0.4) is 0 Å². The van der Waals surface area contributed by atoms with Gasteiger partial charge in [0.2, 0.25) is 0 Å². The van der Waals surface area contributed by atoms with Crippen molar-refractivity contribution in [1.29, 1.82) is 0 Å². The molecule has 2 N–H and O–H groups in total. The van der Waals surface area contributed by atoms with Crippen LogP contribution in [0.4, 0.5) is 10.2 Å². The number of fused-ring (bicyclic) bond motifs is 1. The minimum atomic E-state index is -0.291. The van der Waals surface area contributed by atoms with Gasteiger partial charge in [0.1, 0.15) is 17.5 Å². The Hall–Kier alpha value is -2.54. The monoisotopic (exact) mass is 356 g/mol. The van der Waals surface area contributed by atoms with Gasteiger partial charge in [-0.15, -0.1) is 11.3 Å². The molecule has 0 aliphatic heterocycles. The van der Waals surface area contributed by atoms with Crippen molar-refractivity contribution in [2.24, 2.45) is 0 Å². The van der Waals surface area contributed by atoms with Gasteiger partial charge in [-0.25, -0.2) is 14.4 Å². The molecule has 0 radical (unpaired) electrons. The molecule has 0 atom stereocenters. The number of hydrogen-bond donors (Lipinski definition) is 2. The van der Waals surface area contributed by atoms with Gasteiger partial charge in [0.15, 0.2) is 0 Å². The van der Waals surface area contributed by atoms with Crippen molar-refractivity contribution in [3.8, 4) is 0 Å². The Morgan fingerprint density at radius 2 is 2.08 bits per heavy atom. The lowest BCUT2D eigenvalue weighted by molar-refractivity contribution is 0.0915. The van der Waals surface area contributed by atoms with Crippen molar-refractivity contribution in [1.82, 2.24) is 15.3 Å². The summed E-state index contributed by atoms with van der Waals surface area (Å²) in [6, 6.07) is 6.86. The summed E-state index contributed by atoms with van der Waals surface area (Å²) in [4.78, 5) is 20.9. The first kappa shape index (κ1) is 16.0. The average molecular weight is 356 g/mol. The van der Waals surface area contributed by atoms with Crippen LogP contribution in [0.1, 0.15) is 29.0 Å². The van der Waals surface area contributed by atoms with E-state index < -0.39 is 0 Å². The fourth-order valence-corrected chi connectivity index (χ4v) is 3.99. The quantitative estimate of drug-likeness (QED) is 0.751. The lowest BCUT2D eigenvalue weighted by Crippen LogP contribution is -2.49. The SMILES string of the molecule is Cc1nccc(NC2CC(NC(=O)c3ccc(F)c4ccsc34)C2)n1. The van der Waals surface area contributed by atoms with Gasteiger partial charge in [-0.1, -0.05) is 0 Å². The van der Waals surface area contributed by atoms with Gasteiger partial charge in [0.25, 0.3) is 5.91 Å². The summed E-state index contributed by atoms with van der Waals surface area (Å²) in [5, 5.41) is 8.69. The summed E-state index contributed by atoms with van der Waals surface area (Å²) in [5.41, 5.74) is 0.536. The van der Waals surface area contributed by atoms with Crippen LogP contribution in [0.5, 0.6) is 0 Å². The minimum Gasteiger partial charge on any atom is -0.367 e. The molecule has 1 fully saturated rings. The third-order valence-electron chi connectivity index (χ3n) is 4.41. The van der Waals surface area contributed by atoms with Gasteiger partial charge in [-0.05, 0) is 49.4 Å². The van der Waals surface area contributed by atoms with Crippen molar-refractivity contribution in [3.05, 3.63) is 53.0 Å². The molecule has 0 saturated heterocycles.